The molecule has 0 aliphatic heterocycles. The Labute approximate surface area is 98.0 Å². The molecule has 0 fully saturated rings. The van der Waals surface area contributed by atoms with Gasteiger partial charge in [0.25, 0.3) is 0 Å². The Morgan fingerprint density at radius 1 is 1.44 bits per heavy atom. The van der Waals surface area contributed by atoms with E-state index in [9.17, 15) is 0 Å². The van der Waals surface area contributed by atoms with Gasteiger partial charge in [-0.3, -0.25) is 0 Å². The molecule has 0 heterocycles. The number of methoxy groups -OCH3 is 1. The summed E-state index contributed by atoms with van der Waals surface area (Å²) in [4.78, 5) is 0. The third kappa shape index (κ3) is 2.28. The van der Waals surface area contributed by atoms with Crippen molar-refractivity contribution in [2.45, 2.75) is 31.7 Å². The van der Waals surface area contributed by atoms with Crippen LogP contribution in [0.4, 0.5) is 0 Å². The summed E-state index contributed by atoms with van der Waals surface area (Å²) >= 11 is 0. The summed E-state index contributed by atoms with van der Waals surface area (Å²) in [5, 5.41) is 3.54. The fourth-order valence-electron chi connectivity index (χ4n) is 2.77. The van der Waals surface area contributed by atoms with Gasteiger partial charge in [-0.15, -0.1) is 0 Å². The second-order valence-corrected chi connectivity index (χ2v) is 4.46. The van der Waals surface area contributed by atoms with Crippen molar-refractivity contribution in [1.29, 1.82) is 0 Å². The maximum Gasteiger partial charge on any atom is 0.0621 e. The van der Waals surface area contributed by atoms with Gasteiger partial charge in [0.1, 0.15) is 0 Å². The fourth-order valence-corrected chi connectivity index (χ4v) is 2.77. The minimum atomic E-state index is 0.457. The number of aryl methyl sites for hydroxylation is 1. The first kappa shape index (κ1) is 11.6. The highest BCUT2D eigenvalue weighted by Crippen LogP contribution is 2.35. The molecule has 16 heavy (non-hydrogen) atoms. The molecule has 1 aliphatic carbocycles. The predicted molar refractivity (Wildman–Crippen MR) is 66.8 cm³/mol. The molecule has 0 amide bonds. The Kier molecular flexibility index (Phi) is 3.97. The topological polar surface area (TPSA) is 21.3 Å². The van der Waals surface area contributed by atoms with Gasteiger partial charge in [-0.05, 0) is 30.5 Å². The van der Waals surface area contributed by atoms with E-state index in [2.05, 4.69) is 36.5 Å². The van der Waals surface area contributed by atoms with Gasteiger partial charge < -0.3 is 10.1 Å². The lowest BCUT2D eigenvalue weighted by molar-refractivity contribution is 0.155. The fraction of sp³-hybridized carbons (Fsp3) is 0.571. The molecule has 0 saturated heterocycles. The summed E-state index contributed by atoms with van der Waals surface area (Å²) < 4.78 is 5.32. The second-order valence-electron chi connectivity index (χ2n) is 4.46. The summed E-state index contributed by atoms with van der Waals surface area (Å²) in [6.45, 7) is 3.96. The quantitative estimate of drug-likeness (QED) is 0.820. The summed E-state index contributed by atoms with van der Waals surface area (Å²) in [5.74, 6) is 0.621. The first-order valence-corrected chi connectivity index (χ1v) is 6.17. The van der Waals surface area contributed by atoms with Crippen LogP contribution >= 0.6 is 0 Å². The van der Waals surface area contributed by atoms with E-state index in [0.717, 1.165) is 13.2 Å². The monoisotopic (exact) mass is 219 g/mol. The second kappa shape index (κ2) is 5.46. The summed E-state index contributed by atoms with van der Waals surface area (Å²) in [6, 6.07) is 9.27. The van der Waals surface area contributed by atoms with E-state index in [1.807, 2.05) is 0 Å². The molecule has 0 saturated carbocycles. The smallest absolute Gasteiger partial charge is 0.0621 e. The van der Waals surface area contributed by atoms with Crippen molar-refractivity contribution in [1.82, 2.24) is 5.32 Å². The minimum Gasteiger partial charge on any atom is -0.383 e. The highest BCUT2D eigenvalue weighted by molar-refractivity contribution is 5.36. The van der Waals surface area contributed by atoms with Crippen molar-refractivity contribution in [3.63, 3.8) is 0 Å². The molecule has 1 aromatic rings. The van der Waals surface area contributed by atoms with Crippen molar-refractivity contribution in [2.24, 2.45) is 0 Å². The van der Waals surface area contributed by atoms with Gasteiger partial charge in [-0.1, -0.05) is 31.2 Å². The van der Waals surface area contributed by atoms with Crippen LogP contribution in [0.25, 0.3) is 0 Å². The van der Waals surface area contributed by atoms with Crippen molar-refractivity contribution >= 4 is 0 Å². The van der Waals surface area contributed by atoms with Gasteiger partial charge in [0.05, 0.1) is 6.61 Å². The zero-order valence-electron chi connectivity index (χ0n) is 10.2. The third-order valence-corrected chi connectivity index (χ3v) is 3.48. The number of likely N-dealkylation sites (N-methyl/N-ethyl adjacent to an activating group) is 1. The first-order valence-electron chi connectivity index (χ1n) is 6.17. The highest BCUT2D eigenvalue weighted by atomic mass is 16.5. The van der Waals surface area contributed by atoms with Crippen LogP contribution in [0.5, 0.6) is 0 Å². The van der Waals surface area contributed by atoms with E-state index in [0.29, 0.717) is 12.0 Å². The van der Waals surface area contributed by atoms with Gasteiger partial charge in [-0.2, -0.15) is 0 Å². The molecule has 2 unspecified atom stereocenters. The molecule has 0 aromatic heterocycles. The molecule has 0 bridgehead atoms. The van der Waals surface area contributed by atoms with E-state index in [-0.39, 0.29) is 0 Å². The average molecular weight is 219 g/mol. The molecule has 1 aliphatic rings. The molecule has 2 heteroatoms. The predicted octanol–water partition coefficient (Wildman–Crippen LogP) is 2.34. The molecule has 2 nitrogen and oxygen atoms in total. The van der Waals surface area contributed by atoms with Gasteiger partial charge in [0.2, 0.25) is 0 Å². The van der Waals surface area contributed by atoms with Crippen molar-refractivity contribution in [2.75, 3.05) is 20.3 Å². The summed E-state index contributed by atoms with van der Waals surface area (Å²) in [5.41, 5.74) is 3.04. The number of fused-ring (bicyclic) bond motifs is 1. The SMILES string of the molecule is CCNC(COC)C1CCc2ccccc21. The lowest BCUT2D eigenvalue weighted by Crippen LogP contribution is -2.37. The largest absolute Gasteiger partial charge is 0.383 e. The van der Waals surface area contributed by atoms with E-state index in [1.165, 1.54) is 24.0 Å². The number of hydrogen-bond donors (Lipinski definition) is 1. The number of ether oxygens (including phenoxy) is 1. The Hall–Kier alpha value is -0.860. The number of hydrogen-bond acceptors (Lipinski definition) is 2. The third-order valence-electron chi connectivity index (χ3n) is 3.48. The Balaban J connectivity index is 2.15. The normalized spacial score (nSPS) is 20.8. The molecular formula is C14H21NO. The molecule has 0 spiro atoms. The van der Waals surface area contributed by atoms with Crippen LogP contribution in [0.3, 0.4) is 0 Å². The Morgan fingerprint density at radius 3 is 3.00 bits per heavy atom. The van der Waals surface area contributed by atoms with Crippen molar-refractivity contribution in [3.05, 3.63) is 35.4 Å². The van der Waals surface area contributed by atoms with Crippen LogP contribution in [0.1, 0.15) is 30.4 Å². The van der Waals surface area contributed by atoms with Crippen molar-refractivity contribution in [3.8, 4) is 0 Å². The van der Waals surface area contributed by atoms with Crippen LogP contribution in [0, 0.1) is 0 Å². The van der Waals surface area contributed by atoms with Gasteiger partial charge in [0.15, 0.2) is 0 Å². The zero-order chi connectivity index (χ0) is 11.4. The standard InChI is InChI=1S/C14H21NO/c1-3-15-14(10-16-2)13-9-8-11-6-4-5-7-12(11)13/h4-7,13-15H,3,8-10H2,1-2H3. The van der Waals surface area contributed by atoms with Crippen molar-refractivity contribution < 1.29 is 4.74 Å². The van der Waals surface area contributed by atoms with E-state index < -0.39 is 0 Å². The van der Waals surface area contributed by atoms with Gasteiger partial charge in [-0.25, -0.2) is 0 Å². The molecule has 2 atom stereocenters. The van der Waals surface area contributed by atoms with Gasteiger partial charge >= 0.3 is 0 Å². The van der Waals surface area contributed by atoms with Crippen LogP contribution in [-0.4, -0.2) is 26.3 Å². The average Bonchev–Trinajstić information content (AvgIpc) is 2.72. The molecule has 1 aromatic carbocycles. The van der Waals surface area contributed by atoms with E-state index in [4.69, 9.17) is 4.74 Å². The molecular weight excluding hydrogens is 198 g/mol. The lowest BCUT2D eigenvalue weighted by Gasteiger charge is -2.24. The first-order chi connectivity index (χ1) is 7.86. The van der Waals surface area contributed by atoms with Crippen LogP contribution in [0.2, 0.25) is 0 Å². The van der Waals surface area contributed by atoms with E-state index >= 15 is 0 Å². The molecule has 0 radical (unpaired) electrons. The number of rotatable bonds is 5. The maximum atomic E-state index is 5.32. The lowest BCUT2D eigenvalue weighted by atomic mass is 9.93. The molecule has 1 N–H and O–H groups in total. The summed E-state index contributed by atoms with van der Waals surface area (Å²) in [6.07, 6.45) is 2.47. The number of benzene rings is 1. The molecule has 2 rings (SSSR count). The van der Waals surface area contributed by atoms with Gasteiger partial charge in [0, 0.05) is 19.1 Å². The van der Waals surface area contributed by atoms with Crippen LogP contribution in [0.15, 0.2) is 24.3 Å². The summed E-state index contributed by atoms with van der Waals surface area (Å²) in [7, 11) is 1.78. The Morgan fingerprint density at radius 2 is 2.25 bits per heavy atom. The zero-order valence-corrected chi connectivity index (χ0v) is 10.2. The van der Waals surface area contributed by atoms with E-state index in [1.54, 1.807) is 7.11 Å². The Bertz CT molecular complexity index is 331. The number of nitrogens with one attached hydrogen (secondary N) is 1. The molecule has 88 valence electrons. The maximum absolute atomic E-state index is 5.32. The highest BCUT2D eigenvalue weighted by Gasteiger charge is 2.28. The minimum absolute atomic E-state index is 0.457. The van der Waals surface area contributed by atoms with Crippen LogP contribution < -0.4 is 5.32 Å². The van der Waals surface area contributed by atoms with Crippen LogP contribution in [-0.2, 0) is 11.2 Å².